The summed E-state index contributed by atoms with van der Waals surface area (Å²) in [4.78, 5) is 24.9. The van der Waals surface area contributed by atoms with Crippen molar-refractivity contribution in [2.75, 3.05) is 19.7 Å². The van der Waals surface area contributed by atoms with E-state index in [2.05, 4.69) is 10.6 Å². The molecule has 30 heavy (non-hydrogen) atoms. The fourth-order valence-electron chi connectivity index (χ4n) is 4.01. The minimum atomic E-state index is -0.812. The van der Waals surface area contributed by atoms with Crippen LogP contribution in [-0.4, -0.2) is 55.1 Å². The van der Waals surface area contributed by atoms with Crippen LogP contribution in [0.2, 0.25) is 0 Å². The van der Waals surface area contributed by atoms with E-state index in [-0.39, 0.29) is 37.6 Å². The van der Waals surface area contributed by atoms with Crippen molar-refractivity contribution >= 4 is 11.8 Å². The maximum Gasteiger partial charge on any atom is 0.251 e. The SMILES string of the molecule is CC1(C)O[C@@H]2[C@@H](CNC(=O)c3ccccc3)OC[C@]2(CNC(=O)c2ccccc2)O1. The largest absolute Gasteiger partial charge is 0.370 e. The molecule has 0 saturated carbocycles. The van der Waals surface area contributed by atoms with Crippen LogP contribution in [0.1, 0.15) is 34.6 Å². The molecule has 0 spiro atoms. The number of nitrogens with one attached hydrogen (secondary N) is 2. The molecule has 0 bridgehead atoms. The van der Waals surface area contributed by atoms with E-state index >= 15 is 0 Å². The lowest BCUT2D eigenvalue weighted by molar-refractivity contribution is -0.188. The highest BCUT2D eigenvalue weighted by Gasteiger charge is 2.60. The van der Waals surface area contributed by atoms with Crippen molar-refractivity contribution in [3.8, 4) is 0 Å². The van der Waals surface area contributed by atoms with E-state index in [1.807, 2.05) is 50.2 Å². The van der Waals surface area contributed by atoms with Gasteiger partial charge in [0.25, 0.3) is 11.8 Å². The normalized spacial score (nSPS) is 26.7. The number of ether oxygens (including phenoxy) is 3. The molecule has 7 nitrogen and oxygen atoms in total. The lowest BCUT2D eigenvalue weighted by atomic mass is 9.96. The monoisotopic (exact) mass is 410 g/mol. The van der Waals surface area contributed by atoms with Gasteiger partial charge in [-0.25, -0.2) is 0 Å². The smallest absolute Gasteiger partial charge is 0.251 e. The number of benzene rings is 2. The van der Waals surface area contributed by atoms with Crippen molar-refractivity contribution in [3.63, 3.8) is 0 Å². The highest BCUT2D eigenvalue weighted by atomic mass is 16.8. The minimum absolute atomic E-state index is 0.174. The van der Waals surface area contributed by atoms with Gasteiger partial charge < -0.3 is 24.8 Å². The van der Waals surface area contributed by atoms with E-state index in [0.717, 1.165) is 0 Å². The molecule has 4 rings (SSSR count). The number of amides is 2. The van der Waals surface area contributed by atoms with Gasteiger partial charge >= 0.3 is 0 Å². The van der Waals surface area contributed by atoms with Crippen LogP contribution in [-0.2, 0) is 14.2 Å². The van der Waals surface area contributed by atoms with E-state index in [1.54, 1.807) is 24.3 Å². The Bertz CT molecular complexity index is 902. The highest BCUT2D eigenvalue weighted by molar-refractivity contribution is 5.94. The van der Waals surface area contributed by atoms with Crippen LogP contribution in [0.25, 0.3) is 0 Å². The van der Waals surface area contributed by atoms with Crippen LogP contribution in [0.5, 0.6) is 0 Å². The Morgan fingerprint density at radius 3 is 2.10 bits per heavy atom. The van der Waals surface area contributed by atoms with E-state index in [4.69, 9.17) is 14.2 Å². The number of carbonyl (C=O) groups excluding carboxylic acids is 2. The molecule has 2 aromatic carbocycles. The van der Waals surface area contributed by atoms with E-state index in [0.29, 0.717) is 11.1 Å². The van der Waals surface area contributed by atoms with Crippen LogP contribution in [0.15, 0.2) is 60.7 Å². The standard InChI is InChI=1S/C23H26N2O5/c1-22(2)29-19-18(13-24-20(26)16-9-5-3-6-10-16)28-15-23(19,30-22)14-25-21(27)17-11-7-4-8-12-17/h3-12,18-19H,13-15H2,1-2H3,(H,24,26)(H,25,27)/t18-,19-,23+/m1/s1. The molecule has 7 heteroatoms. The average Bonchev–Trinajstić information content (AvgIpc) is 3.21. The molecule has 2 fully saturated rings. The molecule has 2 aliphatic heterocycles. The molecule has 3 atom stereocenters. The second-order valence-corrected chi connectivity index (χ2v) is 8.08. The summed E-state index contributed by atoms with van der Waals surface area (Å²) in [5.74, 6) is -1.17. The Hall–Kier alpha value is -2.74. The van der Waals surface area contributed by atoms with Gasteiger partial charge in [-0.05, 0) is 38.1 Å². The van der Waals surface area contributed by atoms with Gasteiger partial charge in [-0.15, -0.1) is 0 Å². The zero-order valence-electron chi connectivity index (χ0n) is 17.1. The van der Waals surface area contributed by atoms with Crippen molar-refractivity contribution in [2.45, 2.75) is 37.4 Å². The van der Waals surface area contributed by atoms with Crippen molar-refractivity contribution < 1.29 is 23.8 Å². The molecule has 2 aromatic rings. The topological polar surface area (TPSA) is 85.9 Å². The van der Waals surface area contributed by atoms with Crippen LogP contribution in [0.3, 0.4) is 0 Å². The molecule has 2 aliphatic rings. The van der Waals surface area contributed by atoms with Gasteiger partial charge in [0.1, 0.15) is 17.8 Å². The third-order valence-electron chi connectivity index (χ3n) is 5.34. The summed E-state index contributed by atoms with van der Waals surface area (Å²) in [7, 11) is 0. The molecule has 2 N–H and O–H groups in total. The zero-order valence-corrected chi connectivity index (χ0v) is 17.1. The Morgan fingerprint density at radius 1 is 0.933 bits per heavy atom. The first kappa shape index (κ1) is 20.5. The maximum absolute atomic E-state index is 12.5. The number of carbonyl (C=O) groups is 2. The van der Waals surface area contributed by atoms with Crippen LogP contribution >= 0.6 is 0 Å². The summed E-state index contributed by atoms with van der Waals surface area (Å²) in [6, 6.07) is 18.0. The number of hydrogen-bond donors (Lipinski definition) is 2. The fourth-order valence-corrected chi connectivity index (χ4v) is 4.01. The predicted molar refractivity (Wildman–Crippen MR) is 110 cm³/mol. The van der Waals surface area contributed by atoms with Gasteiger partial charge in [0, 0.05) is 17.7 Å². The molecule has 0 aliphatic carbocycles. The molecule has 0 aromatic heterocycles. The lowest BCUT2D eigenvalue weighted by Crippen LogP contribution is -2.52. The first-order valence-corrected chi connectivity index (χ1v) is 10.0. The second kappa shape index (κ2) is 8.18. The zero-order chi connectivity index (χ0) is 21.2. The summed E-state index contributed by atoms with van der Waals surface area (Å²) < 4.78 is 18.2. The minimum Gasteiger partial charge on any atom is -0.370 e. The summed E-state index contributed by atoms with van der Waals surface area (Å²) in [5, 5.41) is 5.84. The number of fused-ring (bicyclic) bond motifs is 1. The molecular weight excluding hydrogens is 384 g/mol. The van der Waals surface area contributed by atoms with E-state index < -0.39 is 17.5 Å². The average molecular weight is 410 g/mol. The van der Waals surface area contributed by atoms with Crippen LogP contribution < -0.4 is 10.6 Å². The highest BCUT2D eigenvalue weighted by Crippen LogP contribution is 2.43. The van der Waals surface area contributed by atoms with Crippen molar-refractivity contribution in [1.29, 1.82) is 0 Å². The fraction of sp³-hybridized carbons (Fsp3) is 0.391. The van der Waals surface area contributed by atoms with Crippen LogP contribution in [0, 0.1) is 0 Å². The van der Waals surface area contributed by atoms with Gasteiger partial charge in [-0.3, -0.25) is 9.59 Å². The molecule has 2 amide bonds. The Morgan fingerprint density at radius 2 is 1.50 bits per heavy atom. The summed E-state index contributed by atoms with van der Waals surface area (Å²) in [6.45, 7) is 4.48. The third kappa shape index (κ3) is 4.23. The van der Waals surface area contributed by atoms with Gasteiger partial charge in [-0.1, -0.05) is 36.4 Å². The summed E-state index contributed by atoms with van der Waals surface area (Å²) in [5.41, 5.74) is 0.353. The molecule has 2 saturated heterocycles. The van der Waals surface area contributed by atoms with Gasteiger partial charge in [0.15, 0.2) is 5.79 Å². The lowest BCUT2D eigenvalue weighted by Gasteiger charge is -2.27. The summed E-state index contributed by atoms with van der Waals surface area (Å²) >= 11 is 0. The summed E-state index contributed by atoms with van der Waals surface area (Å²) in [6.07, 6.45) is -0.798. The maximum atomic E-state index is 12.5. The van der Waals surface area contributed by atoms with Gasteiger partial charge in [0.05, 0.1) is 13.2 Å². The van der Waals surface area contributed by atoms with Crippen LogP contribution in [0.4, 0.5) is 0 Å². The van der Waals surface area contributed by atoms with Crippen molar-refractivity contribution in [2.24, 2.45) is 0 Å². The first-order chi connectivity index (χ1) is 14.4. The Kier molecular flexibility index (Phi) is 5.60. The molecule has 0 radical (unpaired) electrons. The van der Waals surface area contributed by atoms with Crippen molar-refractivity contribution in [3.05, 3.63) is 71.8 Å². The van der Waals surface area contributed by atoms with E-state index in [9.17, 15) is 9.59 Å². The molecule has 158 valence electrons. The predicted octanol–water partition coefficient (Wildman–Crippen LogP) is 2.14. The van der Waals surface area contributed by atoms with Gasteiger partial charge in [0.2, 0.25) is 0 Å². The van der Waals surface area contributed by atoms with Crippen molar-refractivity contribution in [1.82, 2.24) is 10.6 Å². The van der Waals surface area contributed by atoms with Gasteiger partial charge in [-0.2, -0.15) is 0 Å². The first-order valence-electron chi connectivity index (χ1n) is 10.0. The molecule has 0 unspecified atom stereocenters. The Balaban J connectivity index is 1.41. The number of rotatable bonds is 6. The molecular formula is C23H26N2O5. The molecule has 2 heterocycles. The Labute approximate surface area is 175 Å². The second-order valence-electron chi connectivity index (χ2n) is 8.08. The quantitative estimate of drug-likeness (QED) is 0.762. The number of hydrogen-bond acceptors (Lipinski definition) is 5. The third-order valence-corrected chi connectivity index (χ3v) is 5.34. The van der Waals surface area contributed by atoms with E-state index in [1.165, 1.54) is 0 Å².